The topological polar surface area (TPSA) is 69.0 Å². The zero-order chi connectivity index (χ0) is 18.8. The van der Waals surface area contributed by atoms with Gasteiger partial charge in [-0.2, -0.15) is 5.10 Å². The summed E-state index contributed by atoms with van der Waals surface area (Å²) in [4.78, 5) is 16.7. The molecule has 4 aromatic rings. The van der Waals surface area contributed by atoms with Gasteiger partial charge in [-0.1, -0.05) is 11.6 Å². The number of rotatable bonds is 5. The number of aromatic nitrogens is 3. The van der Waals surface area contributed by atoms with Crippen LogP contribution in [-0.4, -0.2) is 27.8 Å². The zero-order valence-corrected chi connectivity index (χ0v) is 15.4. The van der Waals surface area contributed by atoms with Crippen molar-refractivity contribution < 1.29 is 9.53 Å². The van der Waals surface area contributed by atoms with Gasteiger partial charge in [0, 0.05) is 28.3 Å². The van der Waals surface area contributed by atoms with Crippen molar-refractivity contribution in [1.82, 2.24) is 14.8 Å². The molecule has 2 heterocycles. The van der Waals surface area contributed by atoms with E-state index in [1.54, 1.807) is 24.2 Å². The van der Waals surface area contributed by atoms with E-state index in [-0.39, 0.29) is 5.91 Å². The van der Waals surface area contributed by atoms with Crippen LogP contribution in [0.1, 0.15) is 6.42 Å². The van der Waals surface area contributed by atoms with Gasteiger partial charge in [0.1, 0.15) is 5.75 Å². The van der Waals surface area contributed by atoms with E-state index in [9.17, 15) is 4.79 Å². The minimum Gasteiger partial charge on any atom is -0.497 e. The highest BCUT2D eigenvalue weighted by Gasteiger charge is 2.08. The summed E-state index contributed by atoms with van der Waals surface area (Å²) in [5, 5.41) is 9.78. The average molecular weight is 381 g/mol. The van der Waals surface area contributed by atoms with Gasteiger partial charge in [0.25, 0.3) is 0 Å². The van der Waals surface area contributed by atoms with Crippen LogP contribution in [0.2, 0.25) is 5.02 Å². The van der Waals surface area contributed by atoms with Crippen molar-refractivity contribution in [2.75, 3.05) is 12.4 Å². The number of hydrogen-bond acceptors (Lipinski definition) is 4. The first-order chi connectivity index (χ1) is 13.1. The first-order valence-electron chi connectivity index (χ1n) is 8.47. The van der Waals surface area contributed by atoms with Crippen LogP contribution >= 0.6 is 11.6 Å². The van der Waals surface area contributed by atoms with Crippen LogP contribution in [0.25, 0.3) is 21.8 Å². The number of benzene rings is 2. The Bertz CT molecular complexity index is 1140. The van der Waals surface area contributed by atoms with Gasteiger partial charge in [-0.05, 0) is 36.4 Å². The number of fused-ring (bicyclic) bond motifs is 2. The molecule has 0 saturated heterocycles. The lowest BCUT2D eigenvalue weighted by molar-refractivity contribution is -0.116. The molecular formula is C20H17ClN4O2. The molecule has 7 heteroatoms. The first kappa shape index (κ1) is 17.3. The normalized spacial score (nSPS) is 11.0. The molecule has 4 rings (SSSR count). The van der Waals surface area contributed by atoms with Crippen molar-refractivity contribution in [3.63, 3.8) is 0 Å². The molecule has 0 atom stereocenters. The molecule has 0 bridgehead atoms. The predicted octanol–water partition coefficient (Wildman–Crippen LogP) is 4.28. The summed E-state index contributed by atoms with van der Waals surface area (Å²) < 4.78 is 6.98. The van der Waals surface area contributed by atoms with E-state index in [1.165, 1.54) is 0 Å². The maximum atomic E-state index is 12.3. The van der Waals surface area contributed by atoms with Gasteiger partial charge in [0.15, 0.2) is 0 Å². The van der Waals surface area contributed by atoms with Crippen LogP contribution < -0.4 is 10.1 Å². The predicted molar refractivity (Wildman–Crippen MR) is 106 cm³/mol. The van der Waals surface area contributed by atoms with Gasteiger partial charge >= 0.3 is 0 Å². The van der Waals surface area contributed by atoms with Crippen LogP contribution in [-0.2, 0) is 11.3 Å². The third kappa shape index (κ3) is 3.71. The second-order valence-electron chi connectivity index (χ2n) is 6.15. The van der Waals surface area contributed by atoms with E-state index in [1.807, 2.05) is 42.5 Å². The van der Waals surface area contributed by atoms with Crippen LogP contribution in [0.5, 0.6) is 5.75 Å². The number of anilines is 1. The number of hydrogen-bond donors (Lipinski definition) is 1. The summed E-state index contributed by atoms with van der Waals surface area (Å²) in [6, 6.07) is 13.1. The van der Waals surface area contributed by atoms with Gasteiger partial charge in [-0.25, -0.2) is 0 Å². The monoisotopic (exact) mass is 380 g/mol. The van der Waals surface area contributed by atoms with Crippen LogP contribution in [0.4, 0.5) is 5.69 Å². The Hall–Kier alpha value is -3.12. The fourth-order valence-electron chi connectivity index (χ4n) is 2.95. The summed E-state index contributed by atoms with van der Waals surface area (Å²) in [6.45, 7) is 0.466. The number of halogens is 1. The summed E-state index contributed by atoms with van der Waals surface area (Å²) in [6.07, 6.45) is 3.71. The molecule has 6 nitrogen and oxygen atoms in total. The van der Waals surface area contributed by atoms with Crippen LogP contribution in [0.3, 0.4) is 0 Å². The first-order valence-corrected chi connectivity index (χ1v) is 8.85. The number of nitrogens with one attached hydrogen (secondary N) is 1. The number of pyridine rings is 1. The van der Waals surface area contributed by atoms with E-state index in [0.717, 1.165) is 27.6 Å². The molecule has 27 heavy (non-hydrogen) atoms. The number of nitrogens with zero attached hydrogens (tertiary/aromatic N) is 3. The summed E-state index contributed by atoms with van der Waals surface area (Å²) in [7, 11) is 1.62. The molecule has 0 aliphatic carbocycles. The lowest BCUT2D eigenvalue weighted by atomic mass is 10.2. The van der Waals surface area contributed by atoms with Gasteiger partial charge in [0.2, 0.25) is 5.91 Å². The van der Waals surface area contributed by atoms with E-state index < -0.39 is 0 Å². The van der Waals surface area contributed by atoms with Gasteiger partial charge < -0.3 is 10.1 Å². The summed E-state index contributed by atoms with van der Waals surface area (Å²) in [5.74, 6) is 0.647. The zero-order valence-electron chi connectivity index (χ0n) is 14.6. The number of ether oxygens (including phenoxy) is 1. The summed E-state index contributed by atoms with van der Waals surface area (Å²) in [5.41, 5.74) is 2.38. The molecule has 1 N–H and O–H groups in total. The second kappa shape index (κ2) is 7.25. The Morgan fingerprint density at radius 2 is 2.00 bits per heavy atom. The molecule has 2 aromatic carbocycles. The highest BCUT2D eigenvalue weighted by atomic mass is 35.5. The minimum absolute atomic E-state index is 0.102. The molecule has 0 unspecified atom stereocenters. The molecule has 0 aliphatic heterocycles. The fraction of sp³-hybridized carbons (Fsp3) is 0.150. The lowest BCUT2D eigenvalue weighted by Gasteiger charge is -2.08. The molecule has 1 amide bonds. The standard InChI is InChI=1S/C20H17ClN4O2/c1-27-17-5-3-13-8-16(12-22-18(13)10-17)24-20(26)6-7-25-19-9-15(21)4-2-14(19)11-23-25/h2-5,8-12H,6-7H2,1H3,(H,24,26). The van der Waals surface area contributed by atoms with E-state index in [0.29, 0.717) is 23.7 Å². The summed E-state index contributed by atoms with van der Waals surface area (Å²) >= 11 is 6.05. The van der Waals surface area contributed by atoms with E-state index >= 15 is 0 Å². The maximum Gasteiger partial charge on any atom is 0.226 e. The second-order valence-corrected chi connectivity index (χ2v) is 6.59. The number of amides is 1. The quantitative estimate of drug-likeness (QED) is 0.561. The number of carbonyl (C=O) groups is 1. The Morgan fingerprint density at radius 1 is 1.15 bits per heavy atom. The smallest absolute Gasteiger partial charge is 0.226 e. The Balaban J connectivity index is 1.44. The molecule has 136 valence electrons. The Kier molecular flexibility index (Phi) is 4.64. The van der Waals surface area contributed by atoms with E-state index in [2.05, 4.69) is 15.4 Å². The van der Waals surface area contributed by atoms with Crippen LogP contribution in [0.15, 0.2) is 54.9 Å². The van der Waals surface area contributed by atoms with Crippen molar-refractivity contribution in [3.05, 3.63) is 59.9 Å². The molecule has 0 fully saturated rings. The molecular weight excluding hydrogens is 364 g/mol. The number of aryl methyl sites for hydroxylation is 1. The van der Waals surface area contributed by atoms with E-state index in [4.69, 9.17) is 16.3 Å². The third-order valence-corrected chi connectivity index (χ3v) is 4.57. The number of methoxy groups -OCH3 is 1. The van der Waals surface area contributed by atoms with Gasteiger partial charge in [0.05, 0.1) is 42.8 Å². The Labute approximate surface area is 160 Å². The lowest BCUT2D eigenvalue weighted by Crippen LogP contribution is -2.15. The van der Waals surface area contributed by atoms with Crippen molar-refractivity contribution >= 4 is 45.0 Å². The van der Waals surface area contributed by atoms with Crippen molar-refractivity contribution in [3.8, 4) is 5.75 Å². The molecule has 0 aliphatic rings. The Morgan fingerprint density at radius 3 is 2.85 bits per heavy atom. The fourth-order valence-corrected chi connectivity index (χ4v) is 3.12. The third-order valence-electron chi connectivity index (χ3n) is 4.33. The molecule has 2 aromatic heterocycles. The minimum atomic E-state index is -0.102. The molecule has 0 saturated carbocycles. The maximum absolute atomic E-state index is 12.3. The largest absolute Gasteiger partial charge is 0.497 e. The highest BCUT2D eigenvalue weighted by molar-refractivity contribution is 6.31. The van der Waals surface area contributed by atoms with Crippen molar-refractivity contribution in [2.24, 2.45) is 0 Å². The van der Waals surface area contributed by atoms with Gasteiger partial charge in [-0.3, -0.25) is 14.5 Å². The average Bonchev–Trinajstić information content (AvgIpc) is 3.08. The highest BCUT2D eigenvalue weighted by Crippen LogP contribution is 2.22. The molecule has 0 spiro atoms. The SMILES string of the molecule is COc1ccc2cc(NC(=O)CCn3ncc4ccc(Cl)cc43)cnc2c1. The number of carbonyl (C=O) groups excluding carboxylic acids is 1. The molecule has 0 radical (unpaired) electrons. The van der Waals surface area contributed by atoms with Crippen molar-refractivity contribution in [1.29, 1.82) is 0 Å². The van der Waals surface area contributed by atoms with Crippen LogP contribution in [0, 0.1) is 0 Å². The van der Waals surface area contributed by atoms with Crippen molar-refractivity contribution in [2.45, 2.75) is 13.0 Å². The van der Waals surface area contributed by atoms with Gasteiger partial charge in [-0.15, -0.1) is 0 Å².